The number of H-pyrrole nitrogens is 1. The van der Waals surface area contributed by atoms with E-state index in [2.05, 4.69) is 11.1 Å². The zero-order chi connectivity index (χ0) is 24.3. The van der Waals surface area contributed by atoms with Gasteiger partial charge in [-0.2, -0.15) is 0 Å². The second kappa shape index (κ2) is 12.8. The number of nitrogens with zero attached hydrogens (tertiary/aromatic N) is 2. The lowest BCUT2D eigenvalue weighted by molar-refractivity contribution is -0.143. The molecule has 0 atom stereocenters. The number of hydrogen-bond acceptors (Lipinski definition) is 5. The van der Waals surface area contributed by atoms with Crippen molar-refractivity contribution in [3.63, 3.8) is 0 Å². The number of ether oxygens (including phenoxy) is 3. The van der Waals surface area contributed by atoms with Crippen molar-refractivity contribution in [1.29, 1.82) is 0 Å². The van der Waals surface area contributed by atoms with E-state index in [1.807, 2.05) is 48.7 Å². The van der Waals surface area contributed by atoms with E-state index in [0.29, 0.717) is 32.7 Å². The van der Waals surface area contributed by atoms with Gasteiger partial charge < -0.3 is 29.0 Å². The van der Waals surface area contributed by atoms with E-state index in [1.165, 1.54) is 12.0 Å². The lowest BCUT2D eigenvalue weighted by atomic mass is 10.1. The van der Waals surface area contributed by atoms with Gasteiger partial charge in [-0.3, -0.25) is 9.59 Å². The third kappa shape index (κ3) is 6.59. The van der Waals surface area contributed by atoms with Crippen LogP contribution in [0.15, 0.2) is 54.7 Å². The molecule has 182 valence electrons. The minimum Gasteiger partial charge on any atom is -0.496 e. The molecule has 0 saturated carbocycles. The minimum absolute atomic E-state index is 0.0470. The normalized spacial score (nSPS) is 10.9. The molecule has 1 N–H and O–H groups in total. The maximum Gasteiger partial charge on any atom is 0.249 e. The zero-order valence-corrected chi connectivity index (χ0v) is 20.1. The number of rotatable bonds is 13. The first-order valence-corrected chi connectivity index (χ1v) is 11.3. The molecule has 3 rings (SSSR count). The Kier molecular flexibility index (Phi) is 9.49. The van der Waals surface area contributed by atoms with Crippen LogP contribution in [0.1, 0.15) is 11.1 Å². The van der Waals surface area contributed by atoms with Crippen molar-refractivity contribution >= 4 is 22.7 Å². The van der Waals surface area contributed by atoms with E-state index in [1.54, 1.807) is 19.1 Å². The Labute approximate surface area is 200 Å². The first kappa shape index (κ1) is 25.3. The monoisotopic (exact) mass is 467 g/mol. The van der Waals surface area contributed by atoms with Crippen LogP contribution in [-0.2, 0) is 32.0 Å². The molecule has 8 heteroatoms. The number of hydrogen-bond donors (Lipinski definition) is 1. The molecule has 8 nitrogen and oxygen atoms in total. The van der Waals surface area contributed by atoms with E-state index in [0.717, 1.165) is 27.8 Å². The first-order chi connectivity index (χ1) is 16.6. The number of para-hydroxylation sites is 2. The zero-order valence-electron chi connectivity index (χ0n) is 20.1. The molecule has 34 heavy (non-hydrogen) atoms. The van der Waals surface area contributed by atoms with Crippen LogP contribution in [0.5, 0.6) is 5.75 Å². The summed E-state index contributed by atoms with van der Waals surface area (Å²) >= 11 is 0. The summed E-state index contributed by atoms with van der Waals surface area (Å²) in [5.74, 6) is 0.326. The molecule has 1 aromatic heterocycles. The average molecular weight is 468 g/mol. The fraction of sp³-hybridized carbons (Fsp3) is 0.385. The molecule has 0 bridgehead atoms. The van der Waals surface area contributed by atoms with Crippen LogP contribution in [0.3, 0.4) is 0 Å². The summed E-state index contributed by atoms with van der Waals surface area (Å²) < 4.78 is 15.6. The summed E-state index contributed by atoms with van der Waals surface area (Å²) in [6.45, 7) is 1.39. The number of fused-ring (bicyclic) bond motifs is 1. The summed E-state index contributed by atoms with van der Waals surface area (Å²) in [5.41, 5.74) is 3.11. The molecule has 2 aromatic carbocycles. The Balaban J connectivity index is 1.80. The van der Waals surface area contributed by atoms with Crippen molar-refractivity contribution in [2.45, 2.75) is 13.0 Å². The van der Waals surface area contributed by atoms with Crippen LogP contribution in [0.2, 0.25) is 0 Å². The number of methoxy groups -OCH3 is 3. The molecular weight excluding hydrogens is 434 g/mol. The Morgan fingerprint density at radius 1 is 0.853 bits per heavy atom. The molecular formula is C26H33N3O5. The van der Waals surface area contributed by atoms with Gasteiger partial charge in [-0.15, -0.1) is 0 Å². The third-order valence-electron chi connectivity index (χ3n) is 5.74. The SMILES string of the molecule is COCCN(CC(=O)N(CCc1c[nH]c2ccccc12)Cc1ccccc1OC)C(=O)COC. The Morgan fingerprint density at radius 3 is 2.38 bits per heavy atom. The van der Waals surface area contributed by atoms with Crippen LogP contribution in [-0.4, -0.2) is 80.8 Å². The summed E-state index contributed by atoms with van der Waals surface area (Å²) in [6.07, 6.45) is 2.67. The lowest BCUT2D eigenvalue weighted by Crippen LogP contribution is -2.45. The largest absolute Gasteiger partial charge is 0.496 e. The van der Waals surface area contributed by atoms with Gasteiger partial charge in [0.05, 0.1) is 20.3 Å². The maximum absolute atomic E-state index is 13.5. The van der Waals surface area contributed by atoms with E-state index in [-0.39, 0.29) is 25.0 Å². The van der Waals surface area contributed by atoms with E-state index < -0.39 is 0 Å². The number of benzene rings is 2. The van der Waals surface area contributed by atoms with Gasteiger partial charge in [0.25, 0.3) is 0 Å². The molecule has 0 unspecified atom stereocenters. The molecule has 0 radical (unpaired) electrons. The summed E-state index contributed by atoms with van der Waals surface area (Å²) in [5, 5.41) is 1.14. The number of carbonyl (C=O) groups excluding carboxylic acids is 2. The van der Waals surface area contributed by atoms with Crippen molar-refractivity contribution in [1.82, 2.24) is 14.8 Å². The van der Waals surface area contributed by atoms with E-state index in [9.17, 15) is 9.59 Å². The number of amides is 2. The van der Waals surface area contributed by atoms with E-state index in [4.69, 9.17) is 14.2 Å². The van der Waals surface area contributed by atoms with Crippen molar-refractivity contribution in [2.75, 3.05) is 54.2 Å². The van der Waals surface area contributed by atoms with Crippen molar-refractivity contribution in [2.24, 2.45) is 0 Å². The number of carbonyl (C=O) groups is 2. The highest BCUT2D eigenvalue weighted by atomic mass is 16.5. The van der Waals surface area contributed by atoms with Crippen LogP contribution in [0.4, 0.5) is 0 Å². The molecule has 0 aliphatic carbocycles. The van der Waals surface area contributed by atoms with Crippen LogP contribution in [0, 0.1) is 0 Å². The van der Waals surface area contributed by atoms with Crippen LogP contribution >= 0.6 is 0 Å². The van der Waals surface area contributed by atoms with Crippen molar-refractivity contribution in [3.8, 4) is 5.75 Å². The van der Waals surface area contributed by atoms with Crippen LogP contribution < -0.4 is 4.74 Å². The molecule has 0 spiro atoms. The Bertz CT molecular complexity index is 1080. The highest BCUT2D eigenvalue weighted by Crippen LogP contribution is 2.22. The first-order valence-electron chi connectivity index (χ1n) is 11.3. The second-order valence-corrected chi connectivity index (χ2v) is 7.98. The van der Waals surface area contributed by atoms with Gasteiger partial charge in [-0.05, 0) is 24.1 Å². The predicted octanol–water partition coefficient (Wildman–Crippen LogP) is 2.87. The van der Waals surface area contributed by atoms with Crippen molar-refractivity contribution in [3.05, 3.63) is 65.9 Å². The van der Waals surface area contributed by atoms with Gasteiger partial charge in [0.15, 0.2) is 0 Å². The van der Waals surface area contributed by atoms with Gasteiger partial charge >= 0.3 is 0 Å². The molecule has 0 aliphatic heterocycles. The lowest BCUT2D eigenvalue weighted by Gasteiger charge is -2.28. The molecule has 0 aliphatic rings. The Hall–Kier alpha value is -3.36. The smallest absolute Gasteiger partial charge is 0.249 e. The van der Waals surface area contributed by atoms with Crippen molar-refractivity contribution < 1.29 is 23.8 Å². The van der Waals surface area contributed by atoms with Gasteiger partial charge in [0.1, 0.15) is 12.4 Å². The Morgan fingerprint density at radius 2 is 1.62 bits per heavy atom. The van der Waals surface area contributed by atoms with Gasteiger partial charge in [0, 0.05) is 56.5 Å². The standard InChI is InChI=1S/C26H33N3O5/c1-32-15-14-29(26(31)19-33-2)18-25(30)28(17-21-8-4-7-11-24(21)34-3)13-12-20-16-27-23-10-6-5-9-22(20)23/h4-11,16,27H,12-15,17-19H2,1-3H3. The minimum atomic E-state index is -0.248. The fourth-order valence-electron chi connectivity index (χ4n) is 3.90. The maximum atomic E-state index is 13.5. The van der Waals surface area contributed by atoms with Gasteiger partial charge in [-0.1, -0.05) is 36.4 Å². The molecule has 2 amide bonds. The van der Waals surface area contributed by atoms with Gasteiger partial charge in [-0.25, -0.2) is 0 Å². The summed E-state index contributed by atoms with van der Waals surface area (Å²) in [7, 11) is 4.65. The topological polar surface area (TPSA) is 84.1 Å². The number of aromatic amines is 1. The fourth-order valence-corrected chi connectivity index (χ4v) is 3.90. The molecule has 1 heterocycles. The predicted molar refractivity (Wildman–Crippen MR) is 131 cm³/mol. The van der Waals surface area contributed by atoms with Gasteiger partial charge in [0.2, 0.25) is 11.8 Å². The molecule has 3 aromatic rings. The second-order valence-electron chi connectivity index (χ2n) is 7.98. The number of nitrogens with one attached hydrogen (secondary N) is 1. The summed E-state index contributed by atoms with van der Waals surface area (Å²) in [4.78, 5) is 32.5. The quantitative estimate of drug-likeness (QED) is 0.418. The average Bonchev–Trinajstić information content (AvgIpc) is 3.27. The highest BCUT2D eigenvalue weighted by Gasteiger charge is 2.22. The number of aromatic nitrogens is 1. The highest BCUT2D eigenvalue weighted by molar-refractivity contribution is 5.86. The summed E-state index contributed by atoms with van der Waals surface area (Å²) in [6, 6.07) is 15.8. The van der Waals surface area contributed by atoms with E-state index >= 15 is 0 Å². The van der Waals surface area contributed by atoms with Crippen LogP contribution in [0.25, 0.3) is 10.9 Å². The molecule has 0 saturated heterocycles. The molecule has 0 fully saturated rings. The third-order valence-corrected chi connectivity index (χ3v) is 5.74.